The van der Waals surface area contributed by atoms with Crippen molar-refractivity contribution < 1.29 is 27.8 Å². The number of nitrogens with zero attached hydrogens (tertiary/aromatic N) is 7. The molecule has 2 atom stereocenters. The van der Waals surface area contributed by atoms with Crippen molar-refractivity contribution in [2.45, 2.75) is 76.8 Å². The van der Waals surface area contributed by atoms with E-state index >= 15 is 4.39 Å². The molecule has 4 aliphatic heterocycles. The molecule has 12 nitrogen and oxygen atoms in total. The number of alkyl halides is 1. The number of methoxy groups -OCH3 is 1. The van der Waals surface area contributed by atoms with Gasteiger partial charge in [0, 0.05) is 68.5 Å². The quantitative estimate of drug-likeness (QED) is 0.169. The summed E-state index contributed by atoms with van der Waals surface area (Å²) in [6.45, 7) is 6.81. The third-order valence-electron chi connectivity index (χ3n) is 10.9. The van der Waals surface area contributed by atoms with Crippen molar-refractivity contribution in [1.29, 1.82) is 0 Å². The molecule has 0 radical (unpaired) electrons. The maximum atomic E-state index is 15.3. The van der Waals surface area contributed by atoms with Gasteiger partial charge in [0.1, 0.15) is 30.2 Å². The Labute approximate surface area is 295 Å². The molecule has 4 aliphatic rings. The zero-order valence-electron chi connectivity index (χ0n) is 29.2. The first-order valence-corrected chi connectivity index (χ1v) is 17.9. The summed E-state index contributed by atoms with van der Waals surface area (Å²) in [4.78, 5) is 28.0. The van der Waals surface area contributed by atoms with E-state index in [1.165, 1.54) is 6.07 Å². The Morgan fingerprint density at radius 3 is 2.80 bits per heavy atom. The molecule has 0 bridgehead atoms. The van der Waals surface area contributed by atoms with Gasteiger partial charge in [0.05, 0.1) is 30.0 Å². The number of rotatable bonds is 11. The van der Waals surface area contributed by atoms with Crippen LogP contribution in [0.5, 0.6) is 11.8 Å². The molecular weight excluding hydrogens is 658 g/mol. The van der Waals surface area contributed by atoms with E-state index in [1.807, 2.05) is 29.8 Å². The largest absolute Gasteiger partial charge is 0.467 e. The molecule has 0 unspecified atom stereocenters. The monoisotopic (exact) mass is 702 g/mol. The second kappa shape index (κ2) is 13.9. The standard InChI is InChI=1S/C37H44F2N8O4/c1-3-28-30(39)7-6-24-14-27(51-23-49-2)16-32(34(24)28)44-13-8-29-31(20-44)41-36(50-21-37-9-4-11-46(37)18-25(38)17-37)42-35(29)45-10-5-12-47-26(19-45)15-33(43-47)40-22-48/h6-7,14-16,22,25H,3-5,8-13,17-21,23H2,1-2H3,(H,40,43,48)/t25-,37+/m1/s1. The number of halogens is 2. The molecule has 8 rings (SSSR count). The van der Waals surface area contributed by atoms with Gasteiger partial charge in [-0.2, -0.15) is 15.1 Å². The molecule has 1 N–H and O–H groups in total. The Hall–Kier alpha value is -4.56. The van der Waals surface area contributed by atoms with Crippen LogP contribution < -0.4 is 24.6 Å². The van der Waals surface area contributed by atoms with Gasteiger partial charge < -0.3 is 29.3 Å². The van der Waals surface area contributed by atoms with Gasteiger partial charge in [-0.3, -0.25) is 14.4 Å². The minimum Gasteiger partial charge on any atom is -0.467 e. The molecule has 2 fully saturated rings. The molecule has 2 saturated heterocycles. The number of fused-ring (bicyclic) bond motifs is 4. The predicted octanol–water partition coefficient (Wildman–Crippen LogP) is 5.01. The Kier molecular flexibility index (Phi) is 9.13. The zero-order valence-corrected chi connectivity index (χ0v) is 29.2. The normalized spacial score (nSPS) is 21.7. The lowest BCUT2D eigenvalue weighted by molar-refractivity contribution is -0.105. The van der Waals surface area contributed by atoms with Crippen molar-refractivity contribution in [3.05, 3.63) is 58.7 Å². The fraction of sp³-hybridized carbons (Fsp3) is 0.514. The fourth-order valence-electron chi connectivity index (χ4n) is 8.61. The van der Waals surface area contributed by atoms with E-state index < -0.39 is 6.17 Å². The molecule has 1 amide bonds. The molecule has 2 aromatic heterocycles. The van der Waals surface area contributed by atoms with Crippen LogP contribution in [0.4, 0.5) is 26.1 Å². The molecule has 6 heterocycles. The van der Waals surface area contributed by atoms with Crippen LogP contribution in [0.3, 0.4) is 0 Å². The van der Waals surface area contributed by atoms with E-state index in [0.29, 0.717) is 82.1 Å². The van der Waals surface area contributed by atoms with Crippen molar-refractivity contribution in [3.8, 4) is 11.8 Å². The third kappa shape index (κ3) is 6.32. The number of hydrogen-bond donors (Lipinski definition) is 1. The van der Waals surface area contributed by atoms with Crippen LogP contribution in [0.25, 0.3) is 10.8 Å². The number of aryl methyl sites for hydroxylation is 2. The topological polar surface area (TPSA) is 110 Å². The van der Waals surface area contributed by atoms with Crippen molar-refractivity contribution in [2.24, 2.45) is 0 Å². The lowest BCUT2D eigenvalue weighted by Gasteiger charge is -2.35. The van der Waals surface area contributed by atoms with Gasteiger partial charge in [0.25, 0.3) is 0 Å². The highest BCUT2D eigenvalue weighted by molar-refractivity contribution is 5.98. The number of hydrogen-bond acceptors (Lipinski definition) is 10. The lowest BCUT2D eigenvalue weighted by Crippen LogP contribution is -2.43. The van der Waals surface area contributed by atoms with Crippen LogP contribution in [0.15, 0.2) is 30.3 Å². The van der Waals surface area contributed by atoms with Gasteiger partial charge in [-0.05, 0) is 61.7 Å². The number of ether oxygens (including phenoxy) is 3. The van der Waals surface area contributed by atoms with Gasteiger partial charge in [0.2, 0.25) is 6.41 Å². The smallest absolute Gasteiger partial charge is 0.318 e. The number of aromatic nitrogens is 4. The first kappa shape index (κ1) is 33.6. The number of carbonyl (C=O) groups is 1. The molecule has 270 valence electrons. The van der Waals surface area contributed by atoms with E-state index in [2.05, 4.69) is 25.1 Å². The molecule has 0 spiro atoms. The summed E-state index contributed by atoms with van der Waals surface area (Å²) >= 11 is 0. The third-order valence-corrected chi connectivity index (χ3v) is 10.9. The summed E-state index contributed by atoms with van der Waals surface area (Å²) in [6, 6.07) is 9.38. The Morgan fingerprint density at radius 1 is 1.06 bits per heavy atom. The average Bonchev–Trinajstić information content (AvgIpc) is 3.75. The minimum atomic E-state index is -0.862. The lowest BCUT2D eigenvalue weighted by atomic mass is 9.95. The van der Waals surface area contributed by atoms with Crippen LogP contribution in [0, 0.1) is 5.82 Å². The molecule has 14 heteroatoms. The van der Waals surface area contributed by atoms with Crippen molar-refractivity contribution in [1.82, 2.24) is 24.6 Å². The highest BCUT2D eigenvalue weighted by Crippen LogP contribution is 2.42. The number of carbonyl (C=O) groups excluding carboxylic acids is 1. The second-order valence-electron chi connectivity index (χ2n) is 14.0. The molecular formula is C37H44F2N8O4. The van der Waals surface area contributed by atoms with E-state index in [0.717, 1.165) is 71.6 Å². The van der Waals surface area contributed by atoms with Crippen LogP contribution in [-0.4, -0.2) is 89.5 Å². The molecule has 51 heavy (non-hydrogen) atoms. The highest BCUT2D eigenvalue weighted by atomic mass is 19.1. The Balaban J connectivity index is 1.18. The fourth-order valence-corrected chi connectivity index (χ4v) is 8.61. The molecule has 0 aliphatic carbocycles. The number of amides is 1. The van der Waals surface area contributed by atoms with E-state index in [9.17, 15) is 9.18 Å². The van der Waals surface area contributed by atoms with Gasteiger partial charge in [0.15, 0.2) is 12.6 Å². The summed E-state index contributed by atoms with van der Waals surface area (Å²) < 4.78 is 49.4. The Morgan fingerprint density at radius 2 is 1.96 bits per heavy atom. The molecule has 2 aromatic carbocycles. The summed E-state index contributed by atoms with van der Waals surface area (Å²) in [5.41, 5.74) is 4.04. The summed E-state index contributed by atoms with van der Waals surface area (Å²) in [5, 5.41) is 8.98. The minimum absolute atomic E-state index is 0.0937. The average molecular weight is 703 g/mol. The Bertz CT molecular complexity index is 1940. The number of anilines is 3. The maximum Gasteiger partial charge on any atom is 0.318 e. The van der Waals surface area contributed by atoms with Crippen LogP contribution >= 0.6 is 0 Å². The predicted molar refractivity (Wildman–Crippen MR) is 189 cm³/mol. The van der Waals surface area contributed by atoms with Crippen LogP contribution in [-0.2, 0) is 42.0 Å². The van der Waals surface area contributed by atoms with E-state index in [4.69, 9.17) is 24.2 Å². The van der Waals surface area contributed by atoms with Gasteiger partial charge >= 0.3 is 6.01 Å². The SMILES string of the molecule is CCc1c(F)ccc2cc(OCOC)cc(N3CCc4c(nc(OC[C@@]56CCCN5C[C@H](F)C6)nc4N4CCCn5nc(NC=O)cc5C4)C3)c12. The van der Waals surface area contributed by atoms with Gasteiger partial charge in [-0.1, -0.05) is 13.0 Å². The first-order valence-electron chi connectivity index (χ1n) is 17.9. The maximum absolute atomic E-state index is 15.3. The highest BCUT2D eigenvalue weighted by Gasteiger charge is 2.49. The first-order chi connectivity index (χ1) is 24.9. The van der Waals surface area contributed by atoms with Crippen molar-refractivity contribution in [2.75, 3.05) is 61.8 Å². The van der Waals surface area contributed by atoms with Gasteiger partial charge in [-0.15, -0.1) is 0 Å². The summed E-state index contributed by atoms with van der Waals surface area (Å²) in [5.74, 6) is 1.73. The molecule has 4 aromatic rings. The van der Waals surface area contributed by atoms with Crippen LogP contribution in [0.1, 0.15) is 55.1 Å². The van der Waals surface area contributed by atoms with Crippen molar-refractivity contribution >= 4 is 34.5 Å². The zero-order chi connectivity index (χ0) is 35.1. The van der Waals surface area contributed by atoms with E-state index in [-0.39, 0.29) is 24.2 Å². The second-order valence-corrected chi connectivity index (χ2v) is 14.0. The van der Waals surface area contributed by atoms with Crippen molar-refractivity contribution in [3.63, 3.8) is 0 Å². The van der Waals surface area contributed by atoms with E-state index in [1.54, 1.807) is 13.2 Å². The van der Waals surface area contributed by atoms with Gasteiger partial charge in [-0.25, -0.2) is 8.78 Å². The number of nitrogens with one attached hydrogen (secondary N) is 1. The summed E-state index contributed by atoms with van der Waals surface area (Å²) in [6.07, 6.45) is 4.16. The summed E-state index contributed by atoms with van der Waals surface area (Å²) in [7, 11) is 1.58. The number of benzene rings is 2. The van der Waals surface area contributed by atoms with Crippen LogP contribution in [0.2, 0.25) is 0 Å². The molecule has 0 saturated carbocycles.